The molecule has 0 fully saturated rings. The Morgan fingerprint density at radius 1 is 0.971 bits per heavy atom. The Kier molecular flexibility index (Phi) is 5.97. The van der Waals surface area contributed by atoms with Crippen molar-refractivity contribution in [1.29, 1.82) is 0 Å². The number of methoxy groups -OCH3 is 1. The van der Waals surface area contributed by atoms with E-state index in [-0.39, 0.29) is 5.91 Å². The fraction of sp³-hybridized carbons (Fsp3) is 0.115. The maximum absolute atomic E-state index is 13.7. The molecule has 0 bridgehead atoms. The minimum absolute atomic E-state index is 0.121. The monoisotopic (exact) mass is 469 g/mol. The van der Waals surface area contributed by atoms with E-state index < -0.39 is 0 Å². The molecule has 0 radical (unpaired) electrons. The van der Waals surface area contributed by atoms with Gasteiger partial charge < -0.3 is 15.4 Å². The number of hydrogen-bond acceptors (Lipinski definition) is 6. The number of nitrogens with two attached hydrogens (primary N) is 1. The minimum Gasteiger partial charge on any atom is -0.487 e. The third-order valence-electron chi connectivity index (χ3n) is 5.43. The number of rotatable bonds is 7. The van der Waals surface area contributed by atoms with Gasteiger partial charge in [0.15, 0.2) is 16.5 Å². The summed E-state index contributed by atoms with van der Waals surface area (Å²) in [6.45, 7) is 0.958. The van der Waals surface area contributed by atoms with Gasteiger partial charge in [0.05, 0.1) is 12.0 Å². The van der Waals surface area contributed by atoms with Crippen molar-refractivity contribution in [2.45, 2.75) is 13.1 Å². The fourth-order valence-corrected chi connectivity index (χ4v) is 4.53. The van der Waals surface area contributed by atoms with Crippen LogP contribution in [0.2, 0.25) is 0 Å². The Balaban J connectivity index is 1.49. The maximum Gasteiger partial charge on any atom is 0.254 e. The zero-order valence-corrected chi connectivity index (χ0v) is 19.4. The van der Waals surface area contributed by atoms with Gasteiger partial charge in [0, 0.05) is 18.7 Å². The zero-order valence-electron chi connectivity index (χ0n) is 18.6. The van der Waals surface area contributed by atoms with Gasteiger partial charge in [0.25, 0.3) is 5.91 Å². The van der Waals surface area contributed by atoms with E-state index in [9.17, 15) is 4.79 Å². The van der Waals surface area contributed by atoms with Crippen molar-refractivity contribution in [3.8, 4) is 15.8 Å². The summed E-state index contributed by atoms with van der Waals surface area (Å²) in [4.78, 5) is 21.0. The molecule has 3 aromatic heterocycles. The molecular weight excluding hydrogens is 446 g/mol. The van der Waals surface area contributed by atoms with E-state index in [0.717, 1.165) is 21.1 Å². The molecule has 5 rings (SSSR count). The third kappa shape index (κ3) is 4.49. The number of amides is 1. The number of anilines is 1. The lowest BCUT2D eigenvalue weighted by atomic mass is 10.1. The predicted octanol–water partition coefficient (Wildman–Crippen LogP) is 4.89. The van der Waals surface area contributed by atoms with E-state index >= 15 is 0 Å². The Hall–Kier alpha value is -4.17. The van der Waals surface area contributed by atoms with Crippen molar-refractivity contribution in [3.05, 3.63) is 102 Å². The van der Waals surface area contributed by atoms with Gasteiger partial charge in [0.2, 0.25) is 0 Å². The second kappa shape index (κ2) is 9.36. The van der Waals surface area contributed by atoms with Crippen molar-refractivity contribution in [1.82, 2.24) is 19.5 Å². The van der Waals surface area contributed by atoms with Gasteiger partial charge in [-0.1, -0.05) is 72.0 Å². The van der Waals surface area contributed by atoms with Gasteiger partial charge in [-0.15, -0.1) is 5.10 Å². The SMILES string of the molecule is COc1ccc(-c2nc3cc(C(=O)N(Cc4ccccc4)Cc4ccccc4)cc(N)n3n2)s1. The summed E-state index contributed by atoms with van der Waals surface area (Å²) in [5, 5.41) is 5.29. The number of hydrogen-bond donors (Lipinski definition) is 1. The average Bonchev–Trinajstić information content (AvgIpc) is 3.52. The lowest BCUT2D eigenvalue weighted by Gasteiger charge is -2.23. The molecule has 0 aliphatic carbocycles. The van der Waals surface area contributed by atoms with Crippen LogP contribution in [-0.2, 0) is 13.1 Å². The summed E-state index contributed by atoms with van der Waals surface area (Å²) in [5.74, 6) is 0.766. The van der Waals surface area contributed by atoms with Crippen LogP contribution in [-0.4, -0.2) is 32.5 Å². The molecule has 1 amide bonds. The molecule has 7 nitrogen and oxygen atoms in total. The summed E-state index contributed by atoms with van der Waals surface area (Å²) in [7, 11) is 1.62. The van der Waals surface area contributed by atoms with Crippen LogP contribution in [0.15, 0.2) is 84.9 Å². The van der Waals surface area contributed by atoms with Crippen molar-refractivity contribution < 1.29 is 9.53 Å². The molecule has 0 aliphatic heterocycles. The van der Waals surface area contributed by atoms with Gasteiger partial charge in [-0.25, -0.2) is 4.98 Å². The molecule has 2 aromatic carbocycles. The van der Waals surface area contributed by atoms with E-state index in [1.807, 2.05) is 77.7 Å². The Bertz CT molecular complexity index is 1390. The highest BCUT2D eigenvalue weighted by molar-refractivity contribution is 7.17. The number of benzene rings is 2. The average molecular weight is 470 g/mol. The maximum atomic E-state index is 13.7. The van der Waals surface area contributed by atoms with Gasteiger partial charge in [-0.05, 0) is 35.4 Å². The molecule has 170 valence electrons. The van der Waals surface area contributed by atoms with Crippen molar-refractivity contribution >= 4 is 28.7 Å². The molecule has 0 aliphatic rings. The first-order valence-corrected chi connectivity index (χ1v) is 11.6. The number of nitrogen functional groups attached to an aromatic ring is 1. The highest BCUT2D eigenvalue weighted by Crippen LogP contribution is 2.31. The summed E-state index contributed by atoms with van der Waals surface area (Å²) in [6.07, 6.45) is 0. The van der Waals surface area contributed by atoms with Gasteiger partial charge in [-0.2, -0.15) is 4.52 Å². The number of carbonyl (C=O) groups is 1. The van der Waals surface area contributed by atoms with Crippen LogP contribution in [0.5, 0.6) is 5.06 Å². The minimum atomic E-state index is -0.121. The highest BCUT2D eigenvalue weighted by Gasteiger charge is 2.20. The topological polar surface area (TPSA) is 85.8 Å². The third-order valence-corrected chi connectivity index (χ3v) is 6.48. The number of nitrogens with zero attached hydrogens (tertiary/aromatic N) is 4. The van der Waals surface area contributed by atoms with Crippen LogP contribution < -0.4 is 10.5 Å². The van der Waals surface area contributed by atoms with Crippen LogP contribution in [0, 0.1) is 0 Å². The molecule has 0 saturated carbocycles. The van der Waals surface area contributed by atoms with E-state index in [0.29, 0.717) is 35.9 Å². The molecular formula is C26H23N5O2S. The van der Waals surface area contributed by atoms with E-state index in [4.69, 9.17) is 10.5 Å². The van der Waals surface area contributed by atoms with Crippen molar-refractivity contribution in [2.24, 2.45) is 0 Å². The second-order valence-electron chi connectivity index (χ2n) is 7.83. The molecule has 34 heavy (non-hydrogen) atoms. The first-order valence-electron chi connectivity index (χ1n) is 10.8. The summed E-state index contributed by atoms with van der Waals surface area (Å²) < 4.78 is 6.82. The lowest BCUT2D eigenvalue weighted by Crippen LogP contribution is -2.30. The van der Waals surface area contributed by atoms with Crippen LogP contribution in [0.25, 0.3) is 16.3 Å². The first kappa shape index (κ1) is 21.7. The molecule has 0 atom stereocenters. The van der Waals surface area contributed by atoms with Crippen LogP contribution >= 0.6 is 11.3 Å². The largest absolute Gasteiger partial charge is 0.487 e. The number of fused-ring (bicyclic) bond motifs is 1. The van der Waals surface area contributed by atoms with E-state index in [2.05, 4.69) is 10.1 Å². The first-order chi connectivity index (χ1) is 16.6. The Morgan fingerprint density at radius 2 is 1.62 bits per heavy atom. The number of thiophene rings is 1. The normalized spacial score (nSPS) is 11.0. The van der Waals surface area contributed by atoms with Crippen LogP contribution in [0.3, 0.4) is 0 Å². The second-order valence-corrected chi connectivity index (χ2v) is 8.88. The predicted molar refractivity (Wildman–Crippen MR) is 134 cm³/mol. The van der Waals surface area contributed by atoms with Gasteiger partial charge in [-0.3, -0.25) is 4.79 Å². The Morgan fingerprint density at radius 3 is 2.21 bits per heavy atom. The molecule has 8 heteroatoms. The molecule has 0 unspecified atom stereocenters. The standard InChI is InChI=1S/C26H23N5O2S/c1-33-24-13-12-21(34-24)25-28-23-15-20(14-22(27)31(23)29-25)26(32)30(16-18-8-4-2-5-9-18)17-19-10-6-3-7-11-19/h2-15H,16-17,27H2,1H3. The lowest BCUT2D eigenvalue weighted by molar-refractivity contribution is 0.0730. The van der Waals surface area contributed by atoms with E-state index in [1.54, 1.807) is 23.8 Å². The Labute approximate surface area is 201 Å². The summed E-state index contributed by atoms with van der Waals surface area (Å²) >= 11 is 1.45. The molecule has 0 spiro atoms. The van der Waals surface area contributed by atoms with Gasteiger partial charge >= 0.3 is 0 Å². The zero-order chi connectivity index (χ0) is 23.5. The molecule has 3 heterocycles. The fourth-order valence-electron chi connectivity index (χ4n) is 3.78. The van der Waals surface area contributed by atoms with Crippen LogP contribution in [0.4, 0.5) is 5.82 Å². The molecule has 0 saturated heterocycles. The quantitative estimate of drug-likeness (QED) is 0.367. The highest BCUT2D eigenvalue weighted by atomic mass is 32.1. The summed E-state index contributed by atoms with van der Waals surface area (Å²) in [6, 6.07) is 27.1. The number of carbonyl (C=O) groups excluding carboxylic acids is 1. The number of aromatic nitrogens is 3. The number of pyridine rings is 1. The van der Waals surface area contributed by atoms with Gasteiger partial charge in [0.1, 0.15) is 5.82 Å². The van der Waals surface area contributed by atoms with E-state index in [1.165, 1.54) is 11.3 Å². The van der Waals surface area contributed by atoms with Crippen LogP contribution in [0.1, 0.15) is 21.5 Å². The molecule has 5 aromatic rings. The molecule has 2 N–H and O–H groups in total. The van der Waals surface area contributed by atoms with Crippen molar-refractivity contribution in [3.63, 3.8) is 0 Å². The number of ether oxygens (including phenoxy) is 1. The summed E-state index contributed by atoms with van der Waals surface area (Å²) in [5.41, 5.74) is 9.39. The smallest absolute Gasteiger partial charge is 0.254 e. The van der Waals surface area contributed by atoms with Crippen molar-refractivity contribution in [2.75, 3.05) is 12.8 Å².